The molecular weight excluding hydrogens is 240 g/mol. The van der Waals surface area contributed by atoms with Gasteiger partial charge in [0.2, 0.25) is 11.9 Å². The number of para-hydroxylation sites is 1. The van der Waals surface area contributed by atoms with Crippen LogP contribution in [-0.2, 0) is 11.3 Å². The van der Waals surface area contributed by atoms with Gasteiger partial charge in [-0.2, -0.15) is 0 Å². The SMILES string of the molecule is Cc1cccc2nc(N)n(CCC(=O)NC3CC3)c12. The maximum Gasteiger partial charge on any atom is 0.222 e. The van der Waals surface area contributed by atoms with E-state index < -0.39 is 0 Å². The van der Waals surface area contributed by atoms with Crippen molar-refractivity contribution in [2.75, 3.05) is 5.73 Å². The van der Waals surface area contributed by atoms with Gasteiger partial charge in [-0.15, -0.1) is 0 Å². The van der Waals surface area contributed by atoms with Crippen molar-refractivity contribution in [1.82, 2.24) is 14.9 Å². The molecule has 1 aromatic carbocycles. The van der Waals surface area contributed by atoms with E-state index in [2.05, 4.69) is 10.3 Å². The lowest BCUT2D eigenvalue weighted by atomic mass is 10.2. The molecule has 0 bridgehead atoms. The molecule has 1 aliphatic carbocycles. The van der Waals surface area contributed by atoms with E-state index in [-0.39, 0.29) is 5.91 Å². The second-order valence-electron chi connectivity index (χ2n) is 5.16. The van der Waals surface area contributed by atoms with Gasteiger partial charge in [0.25, 0.3) is 0 Å². The van der Waals surface area contributed by atoms with Crippen LogP contribution in [0.1, 0.15) is 24.8 Å². The van der Waals surface area contributed by atoms with Crippen molar-refractivity contribution < 1.29 is 4.79 Å². The van der Waals surface area contributed by atoms with Crippen LogP contribution in [0, 0.1) is 6.92 Å². The fourth-order valence-corrected chi connectivity index (χ4v) is 2.35. The standard InChI is InChI=1S/C14H18N4O/c1-9-3-2-4-11-13(9)18(14(15)17-11)8-7-12(19)16-10-5-6-10/h2-4,10H,5-8H2,1H3,(H2,15,17)(H,16,19). The number of aromatic nitrogens is 2. The summed E-state index contributed by atoms with van der Waals surface area (Å²) in [5.74, 6) is 0.570. The fraction of sp³-hybridized carbons (Fsp3) is 0.429. The lowest BCUT2D eigenvalue weighted by Crippen LogP contribution is -2.26. The number of anilines is 1. The molecule has 0 atom stereocenters. The van der Waals surface area contributed by atoms with Gasteiger partial charge in [0.05, 0.1) is 11.0 Å². The maximum absolute atomic E-state index is 11.7. The third-order valence-corrected chi connectivity index (χ3v) is 3.50. The summed E-state index contributed by atoms with van der Waals surface area (Å²) in [5, 5.41) is 2.98. The van der Waals surface area contributed by atoms with Crippen LogP contribution in [0.4, 0.5) is 5.95 Å². The van der Waals surface area contributed by atoms with E-state index in [0.29, 0.717) is 25.0 Å². The van der Waals surface area contributed by atoms with Gasteiger partial charge in [0, 0.05) is 19.0 Å². The third-order valence-electron chi connectivity index (χ3n) is 3.50. The number of amides is 1. The Labute approximate surface area is 111 Å². The summed E-state index contributed by atoms with van der Waals surface area (Å²) in [7, 11) is 0. The largest absolute Gasteiger partial charge is 0.369 e. The first kappa shape index (κ1) is 12.0. The van der Waals surface area contributed by atoms with Crippen LogP contribution in [-0.4, -0.2) is 21.5 Å². The van der Waals surface area contributed by atoms with Crippen LogP contribution in [0.15, 0.2) is 18.2 Å². The zero-order chi connectivity index (χ0) is 13.4. The minimum atomic E-state index is 0.0948. The number of nitrogen functional groups attached to an aromatic ring is 1. The average molecular weight is 258 g/mol. The first-order valence-electron chi connectivity index (χ1n) is 6.66. The Bertz CT molecular complexity index is 628. The van der Waals surface area contributed by atoms with Gasteiger partial charge in [-0.05, 0) is 31.4 Å². The van der Waals surface area contributed by atoms with Gasteiger partial charge in [0.1, 0.15) is 0 Å². The van der Waals surface area contributed by atoms with E-state index in [4.69, 9.17) is 5.73 Å². The highest BCUT2D eigenvalue weighted by molar-refractivity contribution is 5.82. The van der Waals surface area contributed by atoms with Gasteiger partial charge in [-0.25, -0.2) is 4.98 Å². The number of carbonyl (C=O) groups excluding carboxylic acids is 1. The number of hydrogen-bond acceptors (Lipinski definition) is 3. The summed E-state index contributed by atoms with van der Waals surface area (Å²) in [6.45, 7) is 2.61. The van der Waals surface area contributed by atoms with E-state index in [1.165, 1.54) is 0 Å². The van der Waals surface area contributed by atoms with Crippen LogP contribution in [0.3, 0.4) is 0 Å². The molecule has 1 heterocycles. The Morgan fingerprint density at radius 2 is 2.32 bits per heavy atom. The van der Waals surface area contributed by atoms with Crippen molar-refractivity contribution in [2.24, 2.45) is 0 Å². The molecular formula is C14H18N4O. The van der Waals surface area contributed by atoms with Gasteiger partial charge in [-0.3, -0.25) is 4.79 Å². The van der Waals surface area contributed by atoms with Crippen molar-refractivity contribution in [2.45, 2.75) is 38.8 Å². The van der Waals surface area contributed by atoms with Crippen molar-refractivity contribution in [1.29, 1.82) is 0 Å². The maximum atomic E-state index is 11.7. The van der Waals surface area contributed by atoms with Gasteiger partial charge < -0.3 is 15.6 Å². The molecule has 1 amide bonds. The predicted molar refractivity (Wildman–Crippen MR) is 74.7 cm³/mol. The number of fused-ring (bicyclic) bond motifs is 1. The number of rotatable bonds is 4. The van der Waals surface area contributed by atoms with Crippen LogP contribution >= 0.6 is 0 Å². The molecule has 0 radical (unpaired) electrons. The van der Waals surface area contributed by atoms with Gasteiger partial charge >= 0.3 is 0 Å². The molecule has 3 rings (SSSR count). The Hall–Kier alpha value is -2.04. The lowest BCUT2D eigenvalue weighted by Gasteiger charge is -2.08. The van der Waals surface area contributed by atoms with Crippen molar-refractivity contribution in [3.05, 3.63) is 23.8 Å². The predicted octanol–water partition coefficient (Wildman–Crippen LogP) is 1.60. The first-order valence-corrected chi connectivity index (χ1v) is 6.66. The normalized spacial score (nSPS) is 14.8. The smallest absolute Gasteiger partial charge is 0.222 e. The minimum Gasteiger partial charge on any atom is -0.369 e. The van der Waals surface area contributed by atoms with Crippen molar-refractivity contribution in [3.63, 3.8) is 0 Å². The molecule has 1 fully saturated rings. The summed E-state index contributed by atoms with van der Waals surface area (Å²) in [6.07, 6.45) is 2.67. The highest BCUT2D eigenvalue weighted by Gasteiger charge is 2.23. The summed E-state index contributed by atoms with van der Waals surface area (Å²) >= 11 is 0. The topological polar surface area (TPSA) is 72.9 Å². The monoisotopic (exact) mass is 258 g/mol. The summed E-state index contributed by atoms with van der Waals surface area (Å²) < 4.78 is 1.93. The molecule has 1 aliphatic rings. The zero-order valence-corrected chi connectivity index (χ0v) is 11.0. The molecule has 3 N–H and O–H groups in total. The molecule has 19 heavy (non-hydrogen) atoms. The molecule has 0 saturated heterocycles. The first-order chi connectivity index (χ1) is 9.15. The Morgan fingerprint density at radius 1 is 1.53 bits per heavy atom. The van der Waals surface area contributed by atoms with E-state index in [9.17, 15) is 4.79 Å². The molecule has 0 unspecified atom stereocenters. The zero-order valence-electron chi connectivity index (χ0n) is 11.0. The molecule has 5 nitrogen and oxygen atoms in total. The van der Waals surface area contributed by atoms with Crippen molar-refractivity contribution >= 4 is 22.9 Å². The Balaban J connectivity index is 1.79. The van der Waals surface area contributed by atoms with E-state index in [1.807, 2.05) is 29.7 Å². The third kappa shape index (κ3) is 2.41. The fourth-order valence-electron chi connectivity index (χ4n) is 2.35. The molecule has 1 saturated carbocycles. The number of nitrogens with two attached hydrogens (primary N) is 1. The van der Waals surface area contributed by atoms with Crippen LogP contribution < -0.4 is 11.1 Å². The highest BCUT2D eigenvalue weighted by atomic mass is 16.1. The molecule has 100 valence electrons. The molecule has 0 spiro atoms. The second kappa shape index (κ2) is 4.57. The summed E-state index contributed by atoms with van der Waals surface area (Å²) in [6, 6.07) is 6.35. The molecule has 2 aromatic rings. The Morgan fingerprint density at radius 3 is 3.05 bits per heavy atom. The second-order valence-corrected chi connectivity index (χ2v) is 5.16. The van der Waals surface area contributed by atoms with E-state index >= 15 is 0 Å². The summed E-state index contributed by atoms with van der Waals surface area (Å²) in [4.78, 5) is 16.1. The highest BCUT2D eigenvalue weighted by Crippen LogP contribution is 2.22. The van der Waals surface area contributed by atoms with Gasteiger partial charge in [0.15, 0.2) is 0 Å². The number of carbonyl (C=O) groups is 1. The molecule has 1 aromatic heterocycles. The van der Waals surface area contributed by atoms with Crippen LogP contribution in [0.2, 0.25) is 0 Å². The van der Waals surface area contributed by atoms with E-state index in [0.717, 1.165) is 29.4 Å². The number of imidazole rings is 1. The quantitative estimate of drug-likeness (QED) is 0.874. The summed E-state index contributed by atoms with van der Waals surface area (Å²) in [5.41, 5.74) is 8.99. The number of benzene rings is 1. The van der Waals surface area contributed by atoms with Crippen LogP contribution in [0.5, 0.6) is 0 Å². The van der Waals surface area contributed by atoms with Gasteiger partial charge in [-0.1, -0.05) is 12.1 Å². The number of nitrogens with zero attached hydrogens (tertiary/aromatic N) is 2. The molecule has 5 heteroatoms. The number of hydrogen-bond donors (Lipinski definition) is 2. The number of aryl methyl sites for hydroxylation is 2. The number of nitrogens with one attached hydrogen (secondary N) is 1. The van der Waals surface area contributed by atoms with E-state index in [1.54, 1.807) is 0 Å². The Kier molecular flexibility index (Phi) is 2.89. The van der Waals surface area contributed by atoms with Crippen LogP contribution in [0.25, 0.3) is 11.0 Å². The molecule has 0 aliphatic heterocycles. The lowest BCUT2D eigenvalue weighted by molar-refractivity contribution is -0.121. The average Bonchev–Trinajstić information content (AvgIpc) is 3.10. The minimum absolute atomic E-state index is 0.0948. The van der Waals surface area contributed by atoms with Crippen molar-refractivity contribution in [3.8, 4) is 0 Å².